The predicted molar refractivity (Wildman–Crippen MR) is 51.2 cm³/mol. The predicted octanol–water partition coefficient (Wildman–Crippen LogP) is 1.08. The minimum atomic E-state index is -0.410. The molecule has 0 aromatic carbocycles. The van der Waals surface area contributed by atoms with Crippen molar-refractivity contribution in [2.75, 3.05) is 7.11 Å². The summed E-state index contributed by atoms with van der Waals surface area (Å²) >= 11 is 0. The Balaban J connectivity index is 2.84. The smallest absolute Gasteiger partial charge is 0.330 e. The molecule has 0 radical (unpaired) electrons. The fourth-order valence-corrected chi connectivity index (χ4v) is 1.02. The third kappa shape index (κ3) is 2.23. The molecule has 1 aromatic heterocycles. The second-order valence-corrected chi connectivity index (χ2v) is 2.74. The molecule has 0 amide bonds. The highest BCUT2D eigenvalue weighted by atomic mass is 16.5. The van der Waals surface area contributed by atoms with Crippen LogP contribution in [0, 0.1) is 11.3 Å². The minimum absolute atomic E-state index is 0.410. The van der Waals surface area contributed by atoms with E-state index < -0.39 is 5.97 Å². The van der Waals surface area contributed by atoms with Gasteiger partial charge in [-0.15, -0.1) is 0 Å². The summed E-state index contributed by atoms with van der Waals surface area (Å²) in [7, 11) is 3.09. The van der Waals surface area contributed by atoms with Crippen LogP contribution in [0.1, 0.15) is 11.3 Å². The topological polar surface area (TPSA) is 55.0 Å². The van der Waals surface area contributed by atoms with Gasteiger partial charge in [0.15, 0.2) is 0 Å². The molecule has 0 bridgehead atoms. The maximum Gasteiger partial charge on any atom is 0.330 e. The minimum Gasteiger partial charge on any atom is -0.466 e. The van der Waals surface area contributed by atoms with E-state index in [9.17, 15) is 4.79 Å². The van der Waals surface area contributed by atoms with Gasteiger partial charge in [0.1, 0.15) is 11.8 Å². The molecule has 4 heteroatoms. The molecule has 0 aliphatic rings. The third-order valence-corrected chi connectivity index (χ3v) is 1.75. The summed E-state index contributed by atoms with van der Waals surface area (Å²) in [5.74, 6) is -0.410. The molecule has 0 N–H and O–H groups in total. The number of ether oxygens (including phenoxy) is 1. The van der Waals surface area contributed by atoms with Crippen molar-refractivity contribution in [1.29, 1.82) is 5.26 Å². The number of rotatable bonds is 2. The van der Waals surface area contributed by atoms with E-state index in [2.05, 4.69) is 4.74 Å². The van der Waals surface area contributed by atoms with Crippen LogP contribution < -0.4 is 0 Å². The first-order valence-electron chi connectivity index (χ1n) is 4.00. The largest absolute Gasteiger partial charge is 0.466 e. The molecule has 0 aliphatic heterocycles. The first kappa shape index (κ1) is 10.1. The number of nitriles is 1. The van der Waals surface area contributed by atoms with Gasteiger partial charge in [0.2, 0.25) is 0 Å². The van der Waals surface area contributed by atoms with Crippen LogP contribution in [-0.4, -0.2) is 17.6 Å². The fourth-order valence-electron chi connectivity index (χ4n) is 1.02. The number of aryl methyl sites for hydroxylation is 1. The zero-order chi connectivity index (χ0) is 10.6. The highest BCUT2D eigenvalue weighted by molar-refractivity contribution is 5.86. The maximum absolute atomic E-state index is 10.8. The van der Waals surface area contributed by atoms with Crippen LogP contribution in [0.15, 0.2) is 18.3 Å². The van der Waals surface area contributed by atoms with Gasteiger partial charge in [-0.05, 0) is 17.7 Å². The second kappa shape index (κ2) is 4.28. The van der Waals surface area contributed by atoms with Gasteiger partial charge < -0.3 is 9.30 Å². The lowest BCUT2D eigenvalue weighted by Crippen LogP contribution is -1.92. The number of hydrogen-bond acceptors (Lipinski definition) is 3. The van der Waals surface area contributed by atoms with Crippen LogP contribution in [0.4, 0.5) is 0 Å². The Bertz CT molecular complexity index is 410. The lowest BCUT2D eigenvalue weighted by atomic mass is 10.3. The number of carbonyl (C=O) groups excluding carboxylic acids is 1. The average molecular weight is 190 g/mol. The zero-order valence-corrected chi connectivity index (χ0v) is 8.02. The molecule has 0 fully saturated rings. The maximum atomic E-state index is 10.8. The van der Waals surface area contributed by atoms with Gasteiger partial charge >= 0.3 is 5.97 Å². The SMILES string of the molecule is COC(=O)/C=C/c1cc(C#N)n(C)c1. The van der Waals surface area contributed by atoms with E-state index in [4.69, 9.17) is 5.26 Å². The number of aromatic nitrogens is 1. The summed E-state index contributed by atoms with van der Waals surface area (Å²) in [5.41, 5.74) is 1.35. The highest BCUT2D eigenvalue weighted by Crippen LogP contribution is 2.07. The third-order valence-electron chi connectivity index (χ3n) is 1.75. The molecule has 4 nitrogen and oxygen atoms in total. The van der Waals surface area contributed by atoms with Crippen LogP contribution in [0.5, 0.6) is 0 Å². The number of carbonyl (C=O) groups is 1. The van der Waals surface area contributed by atoms with Gasteiger partial charge in [-0.25, -0.2) is 4.79 Å². The van der Waals surface area contributed by atoms with Gasteiger partial charge in [0.05, 0.1) is 7.11 Å². The Labute approximate surface area is 82.0 Å². The molecule has 0 spiro atoms. The van der Waals surface area contributed by atoms with E-state index in [1.54, 1.807) is 30.0 Å². The van der Waals surface area contributed by atoms with Crippen molar-refractivity contribution in [3.63, 3.8) is 0 Å². The molecule has 0 saturated carbocycles. The molecule has 0 aliphatic carbocycles. The van der Waals surface area contributed by atoms with Gasteiger partial charge in [-0.2, -0.15) is 5.26 Å². The molecule has 1 heterocycles. The summed E-state index contributed by atoms with van der Waals surface area (Å²) in [6.45, 7) is 0. The van der Waals surface area contributed by atoms with Crippen molar-refractivity contribution >= 4 is 12.0 Å². The van der Waals surface area contributed by atoms with Gasteiger partial charge in [-0.3, -0.25) is 0 Å². The van der Waals surface area contributed by atoms with Crippen LogP contribution >= 0.6 is 0 Å². The molecule has 0 atom stereocenters. The second-order valence-electron chi connectivity index (χ2n) is 2.74. The normalized spacial score (nSPS) is 10.1. The van der Waals surface area contributed by atoms with Gasteiger partial charge in [-0.1, -0.05) is 0 Å². The monoisotopic (exact) mass is 190 g/mol. The van der Waals surface area contributed by atoms with Crippen molar-refractivity contribution in [1.82, 2.24) is 4.57 Å². The van der Waals surface area contributed by atoms with Crippen molar-refractivity contribution < 1.29 is 9.53 Å². The Morgan fingerprint density at radius 3 is 2.93 bits per heavy atom. The van der Waals surface area contributed by atoms with E-state index in [1.165, 1.54) is 13.2 Å². The Morgan fingerprint density at radius 2 is 2.43 bits per heavy atom. The summed E-state index contributed by atoms with van der Waals surface area (Å²) in [4.78, 5) is 10.8. The highest BCUT2D eigenvalue weighted by Gasteiger charge is 1.99. The molecule has 72 valence electrons. The fraction of sp³-hybridized carbons (Fsp3) is 0.200. The number of methoxy groups -OCH3 is 1. The lowest BCUT2D eigenvalue weighted by molar-refractivity contribution is -0.134. The molecular formula is C10H10N2O2. The quantitative estimate of drug-likeness (QED) is 0.518. The summed E-state index contributed by atoms with van der Waals surface area (Å²) in [6.07, 6.45) is 4.68. The van der Waals surface area contributed by atoms with Crippen LogP contribution in [-0.2, 0) is 16.6 Å². The summed E-state index contributed by atoms with van der Waals surface area (Å²) < 4.78 is 6.13. The van der Waals surface area contributed by atoms with E-state index in [0.29, 0.717) is 5.69 Å². The van der Waals surface area contributed by atoms with Crippen LogP contribution in [0.2, 0.25) is 0 Å². The Kier molecular flexibility index (Phi) is 3.08. The zero-order valence-electron chi connectivity index (χ0n) is 8.02. The van der Waals surface area contributed by atoms with Crippen molar-refractivity contribution in [2.45, 2.75) is 0 Å². The number of nitrogens with zero attached hydrogens (tertiary/aromatic N) is 2. The van der Waals surface area contributed by atoms with Crippen molar-refractivity contribution in [2.24, 2.45) is 7.05 Å². The van der Waals surface area contributed by atoms with Gasteiger partial charge in [0.25, 0.3) is 0 Å². The summed E-state index contributed by atoms with van der Waals surface area (Å²) in [5, 5.41) is 8.67. The van der Waals surface area contributed by atoms with E-state index >= 15 is 0 Å². The lowest BCUT2D eigenvalue weighted by Gasteiger charge is -1.88. The van der Waals surface area contributed by atoms with Gasteiger partial charge in [0, 0.05) is 19.3 Å². The van der Waals surface area contributed by atoms with Crippen molar-refractivity contribution in [3.05, 3.63) is 29.6 Å². The van der Waals surface area contributed by atoms with Crippen LogP contribution in [0.3, 0.4) is 0 Å². The van der Waals surface area contributed by atoms with E-state index in [1.807, 2.05) is 6.07 Å². The van der Waals surface area contributed by atoms with Crippen molar-refractivity contribution in [3.8, 4) is 6.07 Å². The molecular weight excluding hydrogens is 180 g/mol. The Hall–Kier alpha value is -2.02. The molecule has 1 aromatic rings. The molecule has 0 saturated heterocycles. The molecule has 1 rings (SSSR count). The Morgan fingerprint density at radius 1 is 1.71 bits per heavy atom. The summed E-state index contributed by atoms with van der Waals surface area (Å²) in [6, 6.07) is 3.72. The van der Waals surface area contributed by atoms with Crippen LogP contribution in [0.25, 0.3) is 6.08 Å². The van der Waals surface area contributed by atoms with E-state index in [-0.39, 0.29) is 0 Å². The first-order valence-corrected chi connectivity index (χ1v) is 4.00. The molecule has 0 unspecified atom stereocenters. The number of esters is 1. The number of hydrogen-bond donors (Lipinski definition) is 0. The first-order chi connectivity index (χ1) is 6.67. The average Bonchev–Trinajstić information content (AvgIpc) is 2.55. The van der Waals surface area contributed by atoms with E-state index in [0.717, 1.165) is 5.56 Å². The standard InChI is InChI=1S/C10H10N2O2/c1-12-7-8(5-9(12)6-11)3-4-10(13)14-2/h3-5,7H,1-2H3/b4-3+. The molecule has 14 heavy (non-hydrogen) atoms.